The van der Waals surface area contributed by atoms with E-state index >= 15 is 0 Å². The molecule has 0 aliphatic rings. The molecule has 0 saturated carbocycles. The van der Waals surface area contributed by atoms with Crippen LogP contribution in [0.1, 0.15) is 5.69 Å². The number of aromatic nitrogens is 2. The van der Waals surface area contributed by atoms with Crippen LogP contribution in [0, 0.1) is 6.92 Å². The molecule has 0 spiro atoms. The van der Waals surface area contributed by atoms with Gasteiger partial charge in [0.1, 0.15) is 0 Å². The third-order valence-electron chi connectivity index (χ3n) is 1.93. The van der Waals surface area contributed by atoms with Crippen LogP contribution >= 0.6 is 0 Å². The van der Waals surface area contributed by atoms with Gasteiger partial charge < -0.3 is 14.5 Å². The third-order valence-corrected chi connectivity index (χ3v) is 1.93. The molecule has 1 rings (SSSR count). The molecule has 0 radical (unpaired) electrons. The number of imidazole rings is 1. The Morgan fingerprint density at radius 2 is 2.15 bits per heavy atom. The average Bonchev–Trinajstić information content (AvgIpc) is 2.44. The van der Waals surface area contributed by atoms with Crippen molar-refractivity contribution in [3.05, 3.63) is 22.4 Å². The van der Waals surface area contributed by atoms with Gasteiger partial charge in [0, 0.05) is 26.1 Å². The van der Waals surface area contributed by atoms with Crippen LogP contribution in [0.15, 0.2) is 11.0 Å². The summed E-state index contributed by atoms with van der Waals surface area (Å²) in [5, 5.41) is 0. The molecule has 0 aromatic carbocycles. The van der Waals surface area contributed by atoms with Gasteiger partial charge in [0.2, 0.25) is 0 Å². The zero-order valence-electron chi connectivity index (χ0n) is 8.03. The summed E-state index contributed by atoms with van der Waals surface area (Å²) in [6.45, 7) is 2.25. The topological polar surface area (TPSA) is 56.2 Å². The molecule has 74 valence electrons. The van der Waals surface area contributed by atoms with E-state index < -0.39 is 0 Å². The highest BCUT2D eigenvalue weighted by Crippen LogP contribution is 1.98. The van der Waals surface area contributed by atoms with Gasteiger partial charge in [-0.3, -0.25) is 4.57 Å². The molecule has 1 heterocycles. The number of aromatic amines is 1. The highest BCUT2D eigenvalue weighted by molar-refractivity contribution is 4.94. The van der Waals surface area contributed by atoms with Crippen molar-refractivity contribution in [3.63, 3.8) is 0 Å². The van der Waals surface area contributed by atoms with Crippen LogP contribution in [0.2, 0.25) is 0 Å². The predicted molar refractivity (Wildman–Crippen MR) is 47.6 cm³/mol. The molecule has 1 aromatic rings. The molecule has 0 bridgehead atoms. The molecule has 0 amide bonds. The number of nitrogens with one attached hydrogen (secondary N) is 1. The van der Waals surface area contributed by atoms with Gasteiger partial charge >= 0.3 is 5.69 Å². The SMILES string of the molecule is COC(Cn1c(C)c[nH]c1=O)OC. The van der Waals surface area contributed by atoms with Crippen molar-refractivity contribution in [3.8, 4) is 0 Å². The first kappa shape index (κ1) is 10.0. The molecular formula is C8H14N2O3. The molecular weight excluding hydrogens is 172 g/mol. The Morgan fingerprint density at radius 1 is 1.54 bits per heavy atom. The van der Waals surface area contributed by atoms with E-state index in [1.54, 1.807) is 25.0 Å². The highest BCUT2D eigenvalue weighted by atomic mass is 16.7. The van der Waals surface area contributed by atoms with E-state index in [0.29, 0.717) is 6.54 Å². The Morgan fingerprint density at radius 3 is 2.54 bits per heavy atom. The smallest absolute Gasteiger partial charge is 0.325 e. The van der Waals surface area contributed by atoms with Crippen LogP contribution in [0.25, 0.3) is 0 Å². The van der Waals surface area contributed by atoms with Gasteiger partial charge in [0.05, 0.1) is 6.54 Å². The monoisotopic (exact) mass is 186 g/mol. The summed E-state index contributed by atoms with van der Waals surface area (Å²) in [7, 11) is 3.09. The molecule has 0 saturated heterocycles. The second-order valence-corrected chi connectivity index (χ2v) is 2.75. The Balaban J connectivity index is 2.78. The van der Waals surface area contributed by atoms with Gasteiger partial charge in [-0.25, -0.2) is 4.79 Å². The number of rotatable bonds is 4. The maximum Gasteiger partial charge on any atom is 0.325 e. The third kappa shape index (κ3) is 2.19. The van der Waals surface area contributed by atoms with E-state index in [0.717, 1.165) is 5.69 Å². The van der Waals surface area contributed by atoms with Gasteiger partial charge in [-0.05, 0) is 6.92 Å². The van der Waals surface area contributed by atoms with Crippen LogP contribution in [0.4, 0.5) is 0 Å². The number of H-pyrrole nitrogens is 1. The van der Waals surface area contributed by atoms with Crippen LogP contribution in [0.3, 0.4) is 0 Å². The molecule has 0 aliphatic carbocycles. The van der Waals surface area contributed by atoms with Crippen molar-refractivity contribution < 1.29 is 9.47 Å². The van der Waals surface area contributed by atoms with Crippen molar-refractivity contribution in [2.45, 2.75) is 19.8 Å². The second-order valence-electron chi connectivity index (χ2n) is 2.75. The Hall–Kier alpha value is -1.07. The molecule has 1 N–H and O–H groups in total. The quantitative estimate of drug-likeness (QED) is 0.679. The minimum atomic E-state index is -0.382. The van der Waals surface area contributed by atoms with E-state index in [-0.39, 0.29) is 12.0 Å². The van der Waals surface area contributed by atoms with E-state index in [1.807, 2.05) is 6.92 Å². The lowest BCUT2D eigenvalue weighted by Gasteiger charge is -2.13. The number of ether oxygens (including phenoxy) is 2. The van der Waals surface area contributed by atoms with Gasteiger partial charge in [-0.15, -0.1) is 0 Å². The fourth-order valence-electron chi connectivity index (χ4n) is 1.10. The standard InChI is InChI=1S/C8H14N2O3/c1-6-4-9-8(11)10(6)5-7(12-2)13-3/h4,7H,5H2,1-3H3,(H,9,11). The van der Waals surface area contributed by atoms with E-state index in [9.17, 15) is 4.79 Å². The largest absolute Gasteiger partial charge is 0.354 e. The fourth-order valence-corrected chi connectivity index (χ4v) is 1.10. The van der Waals surface area contributed by atoms with Crippen LogP contribution < -0.4 is 5.69 Å². The van der Waals surface area contributed by atoms with Gasteiger partial charge in [0.25, 0.3) is 0 Å². The van der Waals surface area contributed by atoms with Gasteiger partial charge in [-0.2, -0.15) is 0 Å². The first-order valence-corrected chi connectivity index (χ1v) is 3.99. The Labute approximate surface area is 76.3 Å². The molecule has 0 atom stereocenters. The number of hydrogen-bond donors (Lipinski definition) is 1. The minimum Gasteiger partial charge on any atom is -0.354 e. The highest BCUT2D eigenvalue weighted by Gasteiger charge is 2.09. The maximum absolute atomic E-state index is 11.2. The Kier molecular flexibility index (Phi) is 3.27. The zero-order valence-corrected chi connectivity index (χ0v) is 8.03. The van der Waals surface area contributed by atoms with Crippen molar-refractivity contribution in [2.75, 3.05) is 14.2 Å². The summed E-state index contributed by atoms with van der Waals surface area (Å²) in [5.74, 6) is 0. The van der Waals surface area contributed by atoms with Crippen molar-refractivity contribution in [2.24, 2.45) is 0 Å². The summed E-state index contributed by atoms with van der Waals surface area (Å²) >= 11 is 0. The van der Waals surface area contributed by atoms with Crippen LogP contribution in [-0.2, 0) is 16.0 Å². The first-order valence-electron chi connectivity index (χ1n) is 3.99. The lowest BCUT2D eigenvalue weighted by atomic mass is 10.5. The second kappa shape index (κ2) is 4.25. The average molecular weight is 186 g/mol. The Bertz CT molecular complexity index is 311. The molecule has 0 unspecified atom stereocenters. The molecule has 5 nitrogen and oxygen atoms in total. The maximum atomic E-state index is 11.2. The summed E-state index contributed by atoms with van der Waals surface area (Å²) in [6, 6.07) is 0. The summed E-state index contributed by atoms with van der Waals surface area (Å²) < 4.78 is 11.5. The summed E-state index contributed by atoms with van der Waals surface area (Å²) in [5.41, 5.74) is 0.723. The van der Waals surface area contributed by atoms with Crippen LogP contribution in [0.5, 0.6) is 0 Å². The van der Waals surface area contributed by atoms with Gasteiger partial charge in [-0.1, -0.05) is 0 Å². The number of hydrogen-bond acceptors (Lipinski definition) is 3. The molecule has 1 aromatic heterocycles. The molecule has 0 fully saturated rings. The minimum absolute atomic E-state index is 0.142. The van der Waals surface area contributed by atoms with Gasteiger partial charge in [0.15, 0.2) is 6.29 Å². The zero-order chi connectivity index (χ0) is 9.84. The molecule has 0 aliphatic heterocycles. The van der Waals surface area contributed by atoms with E-state index in [4.69, 9.17) is 9.47 Å². The fraction of sp³-hybridized carbons (Fsp3) is 0.625. The molecule has 13 heavy (non-hydrogen) atoms. The van der Waals surface area contributed by atoms with Crippen LogP contribution in [-0.4, -0.2) is 30.1 Å². The lowest BCUT2D eigenvalue weighted by molar-refractivity contribution is -0.111. The van der Waals surface area contributed by atoms with Crippen molar-refractivity contribution in [1.29, 1.82) is 0 Å². The van der Waals surface area contributed by atoms with Crippen molar-refractivity contribution in [1.82, 2.24) is 9.55 Å². The van der Waals surface area contributed by atoms with E-state index in [2.05, 4.69) is 4.98 Å². The summed E-state index contributed by atoms with van der Waals surface area (Å²) in [6.07, 6.45) is 1.28. The van der Waals surface area contributed by atoms with Crippen molar-refractivity contribution >= 4 is 0 Å². The van der Waals surface area contributed by atoms with E-state index in [1.165, 1.54) is 0 Å². The normalized spacial score (nSPS) is 11.1. The number of aryl methyl sites for hydroxylation is 1. The summed E-state index contributed by atoms with van der Waals surface area (Å²) in [4.78, 5) is 13.8. The number of methoxy groups -OCH3 is 2. The molecule has 5 heteroatoms. The first-order chi connectivity index (χ1) is 6.19. The lowest BCUT2D eigenvalue weighted by Crippen LogP contribution is -2.28. The number of nitrogens with zero attached hydrogens (tertiary/aromatic N) is 1. The predicted octanol–water partition coefficient (Wildman–Crippen LogP) is 0.104.